The van der Waals surface area contributed by atoms with E-state index in [2.05, 4.69) is 13.8 Å². The van der Waals surface area contributed by atoms with E-state index in [1.54, 1.807) is 0 Å². The van der Waals surface area contributed by atoms with E-state index in [9.17, 15) is 0 Å². The van der Waals surface area contributed by atoms with Gasteiger partial charge in [-0.1, -0.05) is 13.8 Å². The van der Waals surface area contributed by atoms with E-state index in [1.807, 2.05) is 19.9 Å². The average molecular weight is 196 g/mol. The van der Waals surface area contributed by atoms with Crippen molar-refractivity contribution in [2.24, 2.45) is 17.4 Å². The summed E-state index contributed by atoms with van der Waals surface area (Å²) in [6.07, 6.45) is 0. The smallest absolute Gasteiger partial charge is 0.122 e. The fraction of sp³-hybridized carbons (Fsp3) is 0.636. The second-order valence-corrected chi connectivity index (χ2v) is 4.24. The van der Waals surface area contributed by atoms with Crippen LogP contribution in [-0.4, -0.2) is 6.04 Å². The van der Waals surface area contributed by atoms with Gasteiger partial charge in [-0.05, 0) is 31.4 Å². The molecule has 2 unspecified atom stereocenters. The van der Waals surface area contributed by atoms with Crippen LogP contribution in [0.15, 0.2) is 10.5 Å². The van der Waals surface area contributed by atoms with E-state index >= 15 is 0 Å². The molecule has 1 aromatic heterocycles. The Morgan fingerprint density at radius 2 is 1.79 bits per heavy atom. The second kappa shape index (κ2) is 4.15. The van der Waals surface area contributed by atoms with Crippen LogP contribution < -0.4 is 11.5 Å². The summed E-state index contributed by atoms with van der Waals surface area (Å²) in [4.78, 5) is 0. The van der Waals surface area contributed by atoms with Crippen LogP contribution in [0.2, 0.25) is 0 Å². The van der Waals surface area contributed by atoms with Gasteiger partial charge in [0.2, 0.25) is 0 Å². The minimum Gasteiger partial charge on any atom is -0.464 e. The number of hydrogen-bond donors (Lipinski definition) is 2. The SMILES string of the molecule is Cc1cc(C(N)C(N)C(C)C)oc1C. The van der Waals surface area contributed by atoms with E-state index < -0.39 is 0 Å². The van der Waals surface area contributed by atoms with Crippen LogP contribution in [0.4, 0.5) is 0 Å². The average Bonchev–Trinajstić information content (AvgIpc) is 2.44. The zero-order valence-corrected chi connectivity index (χ0v) is 9.37. The zero-order valence-electron chi connectivity index (χ0n) is 9.37. The lowest BCUT2D eigenvalue weighted by molar-refractivity contribution is 0.360. The maximum absolute atomic E-state index is 6.00. The molecule has 4 N–H and O–H groups in total. The van der Waals surface area contributed by atoms with E-state index in [1.165, 1.54) is 0 Å². The second-order valence-electron chi connectivity index (χ2n) is 4.24. The lowest BCUT2D eigenvalue weighted by Gasteiger charge is -2.21. The van der Waals surface area contributed by atoms with Crippen LogP contribution in [0, 0.1) is 19.8 Å². The third-order valence-electron chi connectivity index (χ3n) is 2.70. The predicted octanol–water partition coefficient (Wildman–Crippen LogP) is 1.88. The highest BCUT2D eigenvalue weighted by Crippen LogP contribution is 2.22. The molecule has 0 aromatic carbocycles. The minimum absolute atomic E-state index is 0.0556. The lowest BCUT2D eigenvalue weighted by atomic mass is 9.96. The molecule has 3 nitrogen and oxygen atoms in total. The van der Waals surface area contributed by atoms with E-state index in [0.29, 0.717) is 5.92 Å². The first-order valence-electron chi connectivity index (χ1n) is 5.01. The van der Waals surface area contributed by atoms with Gasteiger partial charge in [0.05, 0.1) is 6.04 Å². The molecule has 1 aromatic rings. The molecule has 3 heteroatoms. The molecule has 0 aliphatic rings. The van der Waals surface area contributed by atoms with Gasteiger partial charge in [0, 0.05) is 6.04 Å². The van der Waals surface area contributed by atoms with Gasteiger partial charge in [-0.2, -0.15) is 0 Å². The molecule has 0 aliphatic carbocycles. The summed E-state index contributed by atoms with van der Waals surface area (Å²) in [6, 6.07) is 1.71. The van der Waals surface area contributed by atoms with Gasteiger partial charge in [-0.25, -0.2) is 0 Å². The lowest BCUT2D eigenvalue weighted by Crippen LogP contribution is -2.38. The highest BCUT2D eigenvalue weighted by atomic mass is 16.3. The standard InChI is InChI=1S/C11H20N2O/c1-6(2)10(12)11(13)9-5-7(3)8(4)14-9/h5-6,10-11H,12-13H2,1-4H3. The van der Waals surface area contributed by atoms with Gasteiger partial charge in [0.25, 0.3) is 0 Å². The molecule has 1 heterocycles. The van der Waals surface area contributed by atoms with Crippen molar-refractivity contribution in [3.63, 3.8) is 0 Å². The Labute approximate surface area is 85.5 Å². The fourth-order valence-corrected chi connectivity index (χ4v) is 1.37. The largest absolute Gasteiger partial charge is 0.464 e. The van der Waals surface area contributed by atoms with Gasteiger partial charge in [-0.15, -0.1) is 0 Å². The summed E-state index contributed by atoms with van der Waals surface area (Å²) in [5.41, 5.74) is 13.1. The molecule has 0 amide bonds. The highest BCUT2D eigenvalue weighted by Gasteiger charge is 2.21. The normalized spacial score (nSPS) is 15.9. The van der Waals surface area contributed by atoms with Crippen LogP contribution in [0.25, 0.3) is 0 Å². The van der Waals surface area contributed by atoms with Crippen molar-refractivity contribution in [2.45, 2.75) is 39.8 Å². The zero-order chi connectivity index (χ0) is 10.9. The summed E-state index contributed by atoms with van der Waals surface area (Å²) >= 11 is 0. The van der Waals surface area contributed by atoms with Crippen LogP contribution in [0.3, 0.4) is 0 Å². The van der Waals surface area contributed by atoms with Crippen molar-refractivity contribution < 1.29 is 4.42 Å². The summed E-state index contributed by atoms with van der Waals surface area (Å²) in [7, 11) is 0. The minimum atomic E-state index is -0.206. The quantitative estimate of drug-likeness (QED) is 0.775. The van der Waals surface area contributed by atoms with Crippen molar-refractivity contribution in [1.82, 2.24) is 0 Å². The molecule has 80 valence electrons. The van der Waals surface area contributed by atoms with Crippen molar-refractivity contribution in [3.05, 3.63) is 23.2 Å². The Morgan fingerprint density at radius 3 is 2.14 bits per heavy atom. The molecule has 0 spiro atoms. The first-order chi connectivity index (χ1) is 6.43. The fourth-order valence-electron chi connectivity index (χ4n) is 1.37. The first kappa shape index (κ1) is 11.3. The Hall–Kier alpha value is -0.800. The molecule has 0 saturated heterocycles. The molecule has 0 aliphatic heterocycles. The third-order valence-corrected chi connectivity index (χ3v) is 2.70. The number of aryl methyl sites for hydroxylation is 2. The first-order valence-corrected chi connectivity index (χ1v) is 5.01. The monoisotopic (exact) mass is 196 g/mol. The molecule has 0 saturated carbocycles. The van der Waals surface area contributed by atoms with Gasteiger partial charge in [0.15, 0.2) is 0 Å². The van der Waals surface area contributed by atoms with Crippen molar-refractivity contribution >= 4 is 0 Å². The molecule has 0 fully saturated rings. The number of furan rings is 1. The molecular weight excluding hydrogens is 176 g/mol. The Morgan fingerprint density at radius 1 is 1.21 bits per heavy atom. The maximum Gasteiger partial charge on any atom is 0.122 e. The molecule has 0 radical (unpaired) electrons. The molecule has 1 rings (SSSR count). The topological polar surface area (TPSA) is 65.2 Å². The van der Waals surface area contributed by atoms with Gasteiger partial charge < -0.3 is 15.9 Å². The Balaban J connectivity index is 2.83. The van der Waals surface area contributed by atoms with Gasteiger partial charge >= 0.3 is 0 Å². The van der Waals surface area contributed by atoms with Crippen molar-refractivity contribution in [3.8, 4) is 0 Å². The number of nitrogens with two attached hydrogens (primary N) is 2. The van der Waals surface area contributed by atoms with Crippen LogP contribution in [0.5, 0.6) is 0 Å². The number of rotatable bonds is 3. The maximum atomic E-state index is 6.00. The van der Waals surface area contributed by atoms with Crippen LogP contribution >= 0.6 is 0 Å². The predicted molar refractivity (Wildman–Crippen MR) is 57.9 cm³/mol. The summed E-state index contributed by atoms with van der Waals surface area (Å²) in [6.45, 7) is 8.07. The van der Waals surface area contributed by atoms with Crippen molar-refractivity contribution in [2.75, 3.05) is 0 Å². The van der Waals surface area contributed by atoms with Gasteiger partial charge in [-0.3, -0.25) is 0 Å². The third kappa shape index (κ3) is 2.16. The van der Waals surface area contributed by atoms with E-state index in [-0.39, 0.29) is 12.1 Å². The van der Waals surface area contributed by atoms with Gasteiger partial charge in [0.1, 0.15) is 11.5 Å². The molecule has 14 heavy (non-hydrogen) atoms. The Kier molecular flexibility index (Phi) is 3.34. The van der Waals surface area contributed by atoms with Crippen LogP contribution in [-0.2, 0) is 0 Å². The van der Waals surface area contributed by atoms with E-state index in [4.69, 9.17) is 15.9 Å². The number of hydrogen-bond acceptors (Lipinski definition) is 3. The molecular formula is C11H20N2O. The Bertz CT molecular complexity index is 285. The molecule has 0 bridgehead atoms. The van der Waals surface area contributed by atoms with Crippen molar-refractivity contribution in [1.29, 1.82) is 0 Å². The summed E-state index contributed by atoms with van der Waals surface area (Å²) in [5, 5.41) is 0. The molecule has 2 atom stereocenters. The highest BCUT2D eigenvalue weighted by molar-refractivity contribution is 5.21. The summed E-state index contributed by atoms with van der Waals surface area (Å²) in [5.74, 6) is 2.07. The van der Waals surface area contributed by atoms with E-state index in [0.717, 1.165) is 17.1 Å². The van der Waals surface area contributed by atoms with Crippen LogP contribution in [0.1, 0.15) is 37.0 Å². The summed E-state index contributed by atoms with van der Waals surface area (Å²) < 4.78 is 5.54.